The first-order chi connectivity index (χ1) is 14.0. The first kappa shape index (κ1) is 22.4. The molecule has 0 aliphatic carbocycles. The fraction of sp³-hybridized carbons (Fsp3) is 0.333. The molecule has 0 bridgehead atoms. The molecule has 0 atom stereocenters. The summed E-state index contributed by atoms with van der Waals surface area (Å²) < 4.78 is 20.8. The molecule has 0 radical (unpaired) electrons. The number of hydrogen-bond donors (Lipinski definition) is 0. The van der Waals surface area contributed by atoms with Crippen LogP contribution in [-0.4, -0.2) is 50.8 Å². The van der Waals surface area contributed by atoms with E-state index in [4.69, 9.17) is 30.5 Å². The predicted octanol–water partition coefficient (Wildman–Crippen LogP) is 3.33. The third kappa shape index (κ3) is 6.57. The van der Waals surface area contributed by atoms with E-state index >= 15 is 0 Å². The number of halogens is 1. The van der Waals surface area contributed by atoms with Crippen molar-refractivity contribution in [3.05, 3.63) is 53.1 Å². The summed E-state index contributed by atoms with van der Waals surface area (Å²) in [6, 6.07) is 12.2. The van der Waals surface area contributed by atoms with Gasteiger partial charge >= 0.3 is 5.97 Å². The number of carbonyl (C=O) groups excluding carboxylic acids is 2. The minimum atomic E-state index is -0.652. The van der Waals surface area contributed by atoms with E-state index in [1.165, 1.54) is 0 Å². The number of amides is 1. The third-order valence-corrected chi connectivity index (χ3v) is 4.41. The fourth-order valence-electron chi connectivity index (χ4n) is 2.55. The van der Waals surface area contributed by atoms with E-state index in [0.29, 0.717) is 35.4 Å². The Morgan fingerprint density at radius 3 is 2.34 bits per heavy atom. The molecule has 0 unspecified atom stereocenters. The summed E-state index contributed by atoms with van der Waals surface area (Å²) in [4.78, 5) is 25.9. The van der Waals surface area contributed by atoms with Crippen molar-refractivity contribution in [2.75, 3.05) is 34.0 Å². The summed E-state index contributed by atoms with van der Waals surface area (Å²) in [5.41, 5.74) is 0.867. The van der Waals surface area contributed by atoms with Gasteiger partial charge in [-0.2, -0.15) is 0 Å². The first-order valence-electron chi connectivity index (χ1n) is 9.00. The van der Waals surface area contributed by atoms with E-state index in [0.717, 1.165) is 5.56 Å². The molecule has 0 aliphatic heterocycles. The van der Waals surface area contributed by atoms with Crippen molar-refractivity contribution in [3.8, 4) is 17.2 Å². The average Bonchev–Trinajstić information content (AvgIpc) is 2.74. The number of esters is 1. The minimum absolute atomic E-state index is 0.312. The van der Waals surface area contributed by atoms with Crippen molar-refractivity contribution in [1.29, 1.82) is 0 Å². The van der Waals surface area contributed by atoms with Crippen molar-refractivity contribution < 1.29 is 28.5 Å². The number of rotatable bonds is 10. The Morgan fingerprint density at radius 2 is 1.69 bits per heavy atom. The first-order valence-corrected chi connectivity index (χ1v) is 9.37. The van der Waals surface area contributed by atoms with Gasteiger partial charge in [-0.1, -0.05) is 29.8 Å². The standard InChI is InChI=1S/C21H24ClNO6/c1-4-23(12-15-9-10-18(26-2)19(11-15)27-3)20(24)13-29-21(25)14-28-17-8-6-5-7-16(17)22/h5-11H,4,12-14H2,1-3H3. The molecule has 29 heavy (non-hydrogen) atoms. The maximum Gasteiger partial charge on any atom is 0.344 e. The molecule has 0 saturated heterocycles. The van der Waals surface area contributed by atoms with Crippen molar-refractivity contribution in [1.82, 2.24) is 4.90 Å². The lowest BCUT2D eigenvalue weighted by Crippen LogP contribution is -2.34. The van der Waals surface area contributed by atoms with E-state index in [1.54, 1.807) is 55.5 Å². The van der Waals surface area contributed by atoms with E-state index in [2.05, 4.69) is 0 Å². The van der Waals surface area contributed by atoms with Crippen molar-refractivity contribution in [3.63, 3.8) is 0 Å². The van der Waals surface area contributed by atoms with Gasteiger partial charge in [0, 0.05) is 13.1 Å². The van der Waals surface area contributed by atoms with E-state index in [1.807, 2.05) is 13.0 Å². The molecule has 0 aliphatic rings. The van der Waals surface area contributed by atoms with Crippen molar-refractivity contribution in [2.45, 2.75) is 13.5 Å². The van der Waals surface area contributed by atoms with E-state index in [9.17, 15) is 9.59 Å². The molecule has 7 nitrogen and oxygen atoms in total. The van der Waals surface area contributed by atoms with Crippen LogP contribution in [0.3, 0.4) is 0 Å². The van der Waals surface area contributed by atoms with Crippen LogP contribution < -0.4 is 14.2 Å². The Bertz CT molecular complexity index is 842. The Kier molecular flexibility index (Phi) is 8.61. The normalized spacial score (nSPS) is 10.2. The van der Waals surface area contributed by atoms with E-state index < -0.39 is 5.97 Å². The molecule has 2 aromatic carbocycles. The highest BCUT2D eigenvalue weighted by atomic mass is 35.5. The maximum atomic E-state index is 12.4. The molecule has 2 aromatic rings. The van der Waals surface area contributed by atoms with Crippen LogP contribution in [0.1, 0.15) is 12.5 Å². The van der Waals surface area contributed by atoms with Crippen LogP contribution in [0.15, 0.2) is 42.5 Å². The second-order valence-corrected chi connectivity index (χ2v) is 6.38. The molecule has 0 saturated carbocycles. The molecular formula is C21H24ClNO6. The number of hydrogen-bond acceptors (Lipinski definition) is 6. The van der Waals surface area contributed by atoms with Gasteiger partial charge in [0.2, 0.25) is 0 Å². The van der Waals surface area contributed by atoms with Crippen LogP contribution >= 0.6 is 11.6 Å². The Hall–Kier alpha value is -2.93. The Balaban J connectivity index is 1.86. The number of nitrogens with zero attached hydrogens (tertiary/aromatic N) is 1. The second-order valence-electron chi connectivity index (χ2n) is 5.98. The summed E-state index contributed by atoms with van der Waals surface area (Å²) in [6.45, 7) is 1.95. The molecule has 1 amide bonds. The van der Waals surface area contributed by atoms with Gasteiger partial charge in [-0.15, -0.1) is 0 Å². The topological polar surface area (TPSA) is 74.3 Å². The number of benzene rings is 2. The number of ether oxygens (including phenoxy) is 4. The summed E-state index contributed by atoms with van der Waals surface area (Å²) in [5, 5.41) is 0.392. The monoisotopic (exact) mass is 421 g/mol. The number of methoxy groups -OCH3 is 2. The predicted molar refractivity (Wildman–Crippen MR) is 109 cm³/mol. The van der Waals surface area contributed by atoms with Gasteiger partial charge in [0.15, 0.2) is 24.7 Å². The van der Waals surface area contributed by atoms with Crippen molar-refractivity contribution in [2.24, 2.45) is 0 Å². The lowest BCUT2D eigenvalue weighted by Gasteiger charge is -2.21. The molecule has 0 heterocycles. The largest absolute Gasteiger partial charge is 0.493 e. The van der Waals surface area contributed by atoms with Crippen LogP contribution in [0, 0.1) is 0 Å². The maximum absolute atomic E-state index is 12.4. The average molecular weight is 422 g/mol. The summed E-state index contributed by atoms with van der Waals surface area (Å²) in [6.07, 6.45) is 0. The Labute approximate surface area is 175 Å². The lowest BCUT2D eigenvalue weighted by atomic mass is 10.2. The minimum Gasteiger partial charge on any atom is -0.493 e. The summed E-state index contributed by atoms with van der Waals surface area (Å²) in [7, 11) is 3.11. The van der Waals surface area contributed by atoms with E-state index in [-0.39, 0.29) is 19.1 Å². The van der Waals surface area contributed by atoms with Crippen LogP contribution in [0.4, 0.5) is 0 Å². The Morgan fingerprint density at radius 1 is 0.966 bits per heavy atom. The van der Waals surface area contributed by atoms with Crippen molar-refractivity contribution >= 4 is 23.5 Å². The zero-order valence-corrected chi connectivity index (χ0v) is 17.4. The van der Waals surface area contributed by atoms with Gasteiger partial charge in [0.25, 0.3) is 5.91 Å². The summed E-state index contributed by atoms with van der Waals surface area (Å²) >= 11 is 5.96. The van der Waals surface area contributed by atoms with Gasteiger partial charge in [-0.3, -0.25) is 4.79 Å². The fourth-order valence-corrected chi connectivity index (χ4v) is 2.74. The van der Waals surface area contributed by atoms with Gasteiger partial charge in [0.05, 0.1) is 19.2 Å². The summed E-state index contributed by atoms with van der Waals surface area (Å²) in [5.74, 6) is 0.602. The quantitative estimate of drug-likeness (QED) is 0.548. The molecule has 2 rings (SSSR count). The van der Waals surface area contributed by atoms with Gasteiger partial charge < -0.3 is 23.8 Å². The lowest BCUT2D eigenvalue weighted by molar-refractivity contribution is -0.153. The molecule has 0 spiro atoms. The van der Waals surface area contributed by atoms with Gasteiger partial charge in [-0.05, 0) is 36.8 Å². The van der Waals surface area contributed by atoms with Crippen LogP contribution in [0.25, 0.3) is 0 Å². The highest BCUT2D eigenvalue weighted by Gasteiger charge is 2.16. The second kappa shape index (κ2) is 11.2. The molecular weight excluding hydrogens is 398 g/mol. The molecule has 0 N–H and O–H groups in total. The zero-order valence-electron chi connectivity index (χ0n) is 16.6. The van der Waals surface area contributed by atoms with Crippen LogP contribution in [0.2, 0.25) is 5.02 Å². The molecule has 0 fully saturated rings. The number of likely N-dealkylation sites (N-methyl/N-ethyl adjacent to an activating group) is 1. The number of carbonyl (C=O) groups is 2. The third-order valence-electron chi connectivity index (χ3n) is 4.09. The molecule has 8 heteroatoms. The highest BCUT2D eigenvalue weighted by molar-refractivity contribution is 6.32. The highest BCUT2D eigenvalue weighted by Crippen LogP contribution is 2.28. The van der Waals surface area contributed by atoms with Gasteiger partial charge in [-0.25, -0.2) is 4.79 Å². The SMILES string of the molecule is CCN(Cc1ccc(OC)c(OC)c1)C(=O)COC(=O)COc1ccccc1Cl. The number of para-hydroxylation sites is 1. The smallest absolute Gasteiger partial charge is 0.344 e. The molecule has 0 aromatic heterocycles. The zero-order chi connectivity index (χ0) is 21.2. The van der Waals surface area contributed by atoms with Crippen LogP contribution in [0.5, 0.6) is 17.2 Å². The van der Waals surface area contributed by atoms with Crippen LogP contribution in [-0.2, 0) is 20.9 Å². The molecule has 156 valence electrons. The van der Waals surface area contributed by atoms with Gasteiger partial charge in [0.1, 0.15) is 5.75 Å².